The van der Waals surface area contributed by atoms with Crippen molar-refractivity contribution in [1.82, 2.24) is 0 Å². The minimum absolute atomic E-state index is 0.570. The van der Waals surface area contributed by atoms with E-state index in [9.17, 15) is 0 Å². The van der Waals surface area contributed by atoms with Crippen LogP contribution in [0.1, 0.15) is 12.0 Å². The maximum absolute atomic E-state index is 5.64. The summed E-state index contributed by atoms with van der Waals surface area (Å²) in [5.74, 6) is 0.967. The second kappa shape index (κ2) is 4.70. The second-order valence-electron chi connectivity index (χ2n) is 4.02. The summed E-state index contributed by atoms with van der Waals surface area (Å²) < 4.78 is 5.64. The first kappa shape index (κ1) is 11.2. The maximum atomic E-state index is 5.64. The highest BCUT2D eigenvalue weighted by Gasteiger charge is 2.17. The highest BCUT2D eigenvalue weighted by atomic mass is 32.1. The van der Waals surface area contributed by atoms with E-state index in [-0.39, 0.29) is 0 Å². The molecule has 4 heteroatoms. The van der Waals surface area contributed by atoms with E-state index in [2.05, 4.69) is 30.0 Å². The van der Waals surface area contributed by atoms with E-state index in [1.54, 1.807) is 0 Å². The van der Waals surface area contributed by atoms with Crippen molar-refractivity contribution in [3.63, 3.8) is 0 Å². The van der Waals surface area contributed by atoms with Gasteiger partial charge in [-0.15, -0.1) is 0 Å². The molecule has 1 heterocycles. The Labute approximate surface area is 101 Å². The van der Waals surface area contributed by atoms with E-state index < -0.39 is 0 Å². The zero-order chi connectivity index (χ0) is 11.5. The van der Waals surface area contributed by atoms with Crippen LogP contribution in [-0.4, -0.2) is 24.7 Å². The van der Waals surface area contributed by atoms with Gasteiger partial charge in [0.15, 0.2) is 0 Å². The fourth-order valence-corrected chi connectivity index (χ4v) is 1.95. The van der Waals surface area contributed by atoms with E-state index >= 15 is 0 Å². The largest absolute Gasteiger partial charge is 0.490 e. The maximum Gasteiger partial charge on any atom is 0.142 e. The summed E-state index contributed by atoms with van der Waals surface area (Å²) >= 11 is 4.90. The predicted octanol–water partition coefficient (Wildman–Crippen LogP) is 1.87. The number of benzene rings is 1. The lowest BCUT2D eigenvalue weighted by molar-refractivity contribution is 0.308. The van der Waals surface area contributed by atoms with Crippen molar-refractivity contribution in [3.8, 4) is 5.75 Å². The summed E-state index contributed by atoms with van der Waals surface area (Å²) in [6.45, 7) is 4.57. The summed E-state index contributed by atoms with van der Waals surface area (Å²) in [6, 6.07) is 6.27. The van der Waals surface area contributed by atoms with Crippen molar-refractivity contribution in [2.45, 2.75) is 13.3 Å². The SMILES string of the molecule is Cc1ccc2c(c1)OCCN2CCC(N)=S. The number of hydrogen-bond acceptors (Lipinski definition) is 3. The number of ether oxygens (including phenoxy) is 1. The first-order chi connectivity index (χ1) is 7.66. The number of hydrogen-bond donors (Lipinski definition) is 1. The Morgan fingerprint density at radius 3 is 3.12 bits per heavy atom. The molecular weight excluding hydrogens is 220 g/mol. The quantitative estimate of drug-likeness (QED) is 0.813. The first-order valence-corrected chi connectivity index (χ1v) is 5.84. The molecule has 0 saturated heterocycles. The van der Waals surface area contributed by atoms with Crippen LogP contribution in [-0.2, 0) is 0 Å². The Morgan fingerprint density at radius 2 is 2.38 bits per heavy atom. The van der Waals surface area contributed by atoms with Crippen molar-refractivity contribution in [3.05, 3.63) is 23.8 Å². The van der Waals surface area contributed by atoms with E-state index in [1.165, 1.54) is 5.56 Å². The van der Waals surface area contributed by atoms with Gasteiger partial charge in [-0.25, -0.2) is 0 Å². The molecule has 0 unspecified atom stereocenters. The van der Waals surface area contributed by atoms with Gasteiger partial charge in [0, 0.05) is 13.0 Å². The number of nitrogens with two attached hydrogens (primary N) is 1. The fourth-order valence-electron chi connectivity index (χ4n) is 1.86. The normalized spacial score (nSPS) is 14.2. The smallest absolute Gasteiger partial charge is 0.142 e. The van der Waals surface area contributed by atoms with Crippen molar-refractivity contribution >= 4 is 22.9 Å². The number of aryl methyl sites for hydroxylation is 1. The molecule has 0 radical (unpaired) electrons. The van der Waals surface area contributed by atoms with Crippen LogP contribution in [0, 0.1) is 6.92 Å². The summed E-state index contributed by atoms with van der Waals surface area (Å²) in [4.78, 5) is 2.84. The molecule has 0 aliphatic carbocycles. The molecule has 2 rings (SSSR count). The van der Waals surface area contributed by atoms with Gasteiger partial charge >= 0.3 is 0 Å². The van der Waals surface area contributed by atoms with E-state index in [4.69, 9.17) is 22.7 Å². The minimum atomic E-state index is 0.570. The van der Waals surface area contributed by atoms with Gasteiger partial charge in [0.2, 0.25) is 0 Å². The average Bonchev–Trinajstić information content (AvgIpc) is 2.25. The number of rotatable bonds is 3. The third kappa shape index (κ3) is 2.44. The van der Waals surface area contributed by atoms with Crippen LogP contribution in [0.5, 0.6) is 5.75 Å². The number of fused-ring (bicyclic) bond motifs is 1. The van der Waals surface area contributed by atoms with Crippen LogP contribution in [0.2, 0.25) is 0 Å². The highest BCUT2D eigenvalue weighted by molar-refractivity contribution is 7.80. The van der Waals surface area contributed by atoms with Gasteiger partial charge in [0.25, 0.3) is 0 Å². The van der Waals surface area contributed by atoms with Crippen molar-refractivity contribution < 1.29 is 4.74 Å². The van der Waals surface area contributed by atoms with Gasteiger partial charge in [-0.2, -0.15) is 0 Å². The molecular formula is C12H16N2OS. The third-order valence-electron chi connectivity index (χ3n) is 2.70. The summed E-state index contributed by atoms with van der Waals surface area (Å²) in [7, 11) is 0. The molecule has 0 spiro atoms. The average molecular weight is 236 g/mol. The van der Waals surface area contributed by atoms with Crippen LogP contribution in [0.3, 0.4) is 0 Å². The number of thiocarbonyl (C=S) groups is 1. The van der Waals surface area contributed by atoms with Crippen LogP contribution in [0.4, 0.5) is 5.69 Å². The van der Waals surface area contributed by atoms with Gasteiger partial charge in [-0.05, 0) is 24.6 Å². The Hall–Kier alpha value is -1.29. The molecule has 0 aromatic heterocycles. The molecule has 1 aliphatic heterocycles. The Balaban J connectivity index is 2.16. The molecule has 0 bridgehead atoms. The zero-order valence-corrected chi connectivity index (χ0v) is 10.2. The Morgan fingerprint density at radius 1 is 1.56 bits per heavy atom. The number of nitrogens with zero attached hydrogens (tertiary/aromatic N) is 1. The molecule has 0 atom stereocenters. The fraction of sp³-hybridized carbons (Fsp3) is 0.417. The summed E-state index contributed by atoms with van der Waals surface area (Å²) in [5, 5.41) is 0. The topological polar surface area (TPSA) is 38.5 Å². The van der Waals surface area contributed by atoms with Crippen molar-refractivity contribution in [1.29, 1.82) is 0 Å². The lowest BCUT2D eigenvalue weighted by atomic mass is 10.1. The lowest BCUT2D eigenvalue weighted by Gasteiger charge is -2.31. The molecule has 86 valence electrons. The second-order valence-corrected chi connectivity index (χ2v) is 4.55. The summed E-state index contributed by atoms with van der Waals surface area (Å²) in [5.41, 5.74) is 7.89. The summed E-state index contributed by atoms with van der Waals surface area (Å²) in [6.07, 6.45) is 0.753. The molecule has 0 saturated carbocycles. The van der Waals surface area contributed by atoms with Crippen LogP contribution in [0.25, 0.3) is 0 Å². The molecule has 1 aromatic carbocycles. The van der Waals surface area contributed by atoms with Gasteiger partial charge in [0.05, 0.1) is 17.2 Å². The van der Waals surface area contributed by atoms with Crippen LogP contribution >= 0.6 is 12.2 Å². The first-order valence-electron chi connectivity index (χ1n) is 5.43. The molecule has 0 fully saturated rings. The molecule has 0 amide bonds. The third-order valence-corrected chi connectivity index (χ3v) is 2.91. The minimum Gasteiger partial charge on any atom is -0.490 e. The van der Waals surface area contributed by atoms with Gasteiger partial charge in [-0.3, -0.25) is 0 Å². The molecule has 2 N–H and O–H groups in total. The highest BCUT2D eigenvalue weighted by Crippen LogP contribution is 2.32. The molecule has 1 aliphatic rings. The van der Waals surface area contributed by atoms with E-state index in [1.807, 2.05) is 0 Å². The molecule has 1 aromatic rings. The predicted molar refractivity (Wildman–Crippen MR) is 70.3 cm³/mol. The standard InChI is InChI=1S/C12H16N2OS/c1-9-2-3-10-11(8-9)15-7-6-14(10)5-4-12(13)16/h2-3,8H,4-7H2,1H3,(H2,13,16). The molecule has 3 nitrogen and oxygen atoms in total. The van der Waals surface area contributed by atoms with Gasteiger partial charge in [0.1, 0.15) is 12.4 Å². The Kier molecular flexibility index (Phi) is 3.29. The lowest BCUT2D eigenvalue weighted by Crippen LogP contribution is -2.34. The number of anilines is 1. The van der Waals surface area contributed by atoms with Crippen molar-refractivity contribution in [2.75, 3.05) is 24.6 Å². The monoisotopic (exact) mass is 236 g/mol. The van der Waals surface area contributed by atoms with Crippen LogP contribution < -0.4 is 15.4 Å². The van der Waals surface area contributed by atoms with E-state index in [0.29, 0.717) is 4.99 Å². The van der Waals surface area contributed by atoms with E-state index in [0.717, 1.165) is 37.6 Å². The van der Waals surface area contributed by atoms with Gasteiger partial charge in [-0.1, -0.05) is 18.3 Å². The van der Waals surface area contributed by atoms with Gasteiger partial charge < -0.3 is 15.4 Å². The zero-order valence-electron chi connectivity index (χ0n) is 9.40. The Bertz CT molecular complexity index is 406. The molecule has 16 heavy (non-hydrogen) atoms. The van der Waals surface area contributed by atoms with Crippen LogP contribution in [0.15, 0.2) is 18.2 Å². The van der Waals surface area contributed by atoms with Crippen molar-refractivity contribution in [2.24, 2.45) is 5.73 Å².